The number of rotatable bonds is 13. The SMILES string of the molecule is CCN(CC)CCN(CC)Cc1cccc(OC[C@H](O)CN2CCCCCC2)c1. The number of benzene rings is 1. The molecule has 2 rings (SSSR count). The Bertz CT molecular complexity index is 543. The molecule has 5 heteroatoms. The normalized spacial score (nSPS) is 16.9. The third-order valence-corrected chi connectivity index (χ3v) is 5.99. The van der Waals surface area contributed by atoms with Crippen LogP contribution in [0.2, 0.25) is 0 Å². The first-order valence-corrected chi connectivity index (χ1v) is 11.7. The second kappa shape index (κ2) is 14.0. The van der Waals surface area contributed by atoms with E-state index < -0.39 is 6.10 Å². The molecule has 0 aliphatic carbocycles. The van der Waals surface area contributed by atoms with Crippen molar-refractivity contribution >= 4 is 0 Å². The molecule has 0 saturated carbocycles. The third kappa shape index (κ3) is 9.47. The van der Waals surface area contributed by atoms with E-state index in [4.69, 9.17) is 4.74 Å². The predicted octanol–water partition coefficient (Wildman–Crippen LogP) is 3.47. The summed E-state index contributed by atoms with van der Waals surface area (Å²) in [4.78, 5) is 7.33. The van der Waals surface area contributed by atoms with Gasteiger partial charge in [0, 0.05) is 26.2 Å². The summed E-state index contributed by atoms with van der Waals surface area (Å²) >= 11 is 0. The minimum Gasteiger partial charge on any atom is -0.491 e. The molecule has 1 aromatic rings. The van der Waals surface area contributed by atoms with Gasteiger partial charge < -0.3 is 19.6 Å². The summed E-state index contributed by atoms with van der Waals surface area (Å²) in [7, 11) is 0. The molecule has 5 nitrogen and oxygen atoms in total. The number of hydrogen-bond donors (Lipinski definition) is 1. The van der Waals surface area contributed by atoms with Gasteiger partial charge in [-0.05, 0) is 63.3 Å². The van der Waals surface area contributed by atoms with Crippen molar-refractivity contribution in [2.45, 2.75) is 59.1 Å². The number of hydrogen-bond acceptors (Lipinski definition) is 5. The molecule has 166 valence electrons. The third-order valence-electron chi connectivity index (χ3n) is 5.99. The van der Waals surface area contributed by atoms with Gasteiger partial charge in [-0.1, -0.05) is 45.7 Å². The molecular weight excluding hydrogens is 362 g/mol. The summed E-state index contributed by atoms with van der Waals surface area (Å²) in [6, 6.07) is 8.34. The van der Waals surface area contributed by atoms with Crippen LogP contribution in [0.15, 0.2) is 24.3 Å². The second-order valence-corrected chi connectivity index (χ2v) is 8.22. The van der Waals surface area contributed by atoms with Gasteiger partial charge in [-0.15, -0.1) is 0 Å². The molecular formula is C24H43N3O2. The van der Waals surface area contributed by atoms with E-state index in [0.717, 1.165) is 58.1 Å². The van der Waals surface area contributed by atoms with Crippen LogP contribution in [-0.2, 0) is 6.54 Å². The van der Waals surface area contributed by atoms with Crippen LogP contribution >= 0.6 is 0 Å². The van der Waals surface area contributed by atoms with Crippen LogP contribution in [0.25, 0.3) is 0 Å². The van der Waals surface area contributed by atoms with E-state index in [1.165, 1.54) is 31.2 Å². The predicted molar refractivity (Wildman–Crippen MR) is 122 cm³/mol. The van der Waals surface area contributed by atoms with Crippen LogP contribution in [0, 0.1) is 0 Å². The summed E-state index contributed by atoms with van der Waals surface area (Å²) in [6.07, 6.45) is 4.70. The number of likely N-dealkylation sites (N-methyl/N-ethyl adjacent to an activating group) is 2. The van der Waals surface area contributed by atoms with Crippen molar-refractivity contribution in [3.63, 3.8) is 0 Å². The number of ether oxygens (including phenoxy) is 1. The molecule has 0 aromatic heterocycles. The molecule has 0 amide bonds. The zero-order valence-electron chi connectivity index (χ0n) is 19.0. The topological polar surface area (TPSA) is 39.2 Å². The van der Waals surface area contributed by atoms with E-state index in [2.05, 4.69) is 53.7 Å². The second-order valence-electron chi connectivity index (χ2n) is 8.22. The fourth-order valence-electron chi connectivity index (χ4n) is 4.03. The lowest BCUT2D eigenvalue weighted by atomic mass is 10.2. The first kappa shape index (κ1) is 24.1. The number of aliphatic hydroxyl groups excluding tert-OH is 1. The Morgan fingerprint density at radius 1 is 0.966 bits per heavy atom. The van der Waals surface area contributed by atoms with Crippen molar-refractivity contribution in [3.8, 4) is 5.75 Å². The van der Waals surface area contributed by atoms with Gasteiger partial charge >= 0.3 is 0 Å². The molecule has 1 atom stereocenters. The smallest absolute Gasteiger partial charge is 0.119 e. The van der Waals surface area contributed by atoms with Gasteiger partial charge in [0.15, 0.2) is 0 Å². The first-order valence-electron chi connectivity index (χ1n) is 11.7. The molecule has 1 N–H and O–H groups in total. The summed E-state index contributed by atoms with van der Waals surface area (Å²) in [5, 5.41) is 10.4. The number of β-amino-alcohol motifs (C(OH)–C–C–N with tert-alkyl or cyclic N) is 1. The van der Waals surface area contributed by atoms with E-state index in [0.29, 0.717) is 13.2 Å². The van der Waals surface area contributed by atoms with Crippen LogP contribution in [0.1, 0.15) is 52.0 Å². The highest BCUT2D eigenvalue weighted by atomic mass is 16.5. The molecule has 0 spiro atoms. The number of aliphatic hydroxyl groups is 1. The van der Waals surface area contributed by atoms with Crippen molar-refractivity contribution in [2.24, 2.45) is 0 Å². The summed E-state index contributed by atoms with van der Waals surface area (Å²) in [5.74, 6) is 0.859. The summed E-state index contributed by atoms with van der Waals surface area (Å²) in [6.45, 7) is 16.3. The van der Waals surface area contributed by atoms with Crippen LogP contribution in [0.5, 0.6) is 5.75 Å². The molecule has 1 aliphatic heterocycles. The van der Waals surface area contributed by atoms with E-state index in [1.807, 2.05) is 6.07 Å². The molecule has 0 unspecified atom stereocenters. The lowest BCUT2D eigenvalue weighted by molar-refractivity contribution is 0.0693. The standard InChI is InChI=1S/C24H43N3O2/c1-4-25(5-2)16-17-26(6-3)19-22-12-11-13-24(18-22)29-21-23(28)20-27-14-9-7-8-10-15-27/h11-13,18,23,28H,4-10,14-17,19-21H2,1-3H3/t23-/m1/s1. The largest absolute Gasteiger partial charge is 0.491 e. The van der Waals surface area contributed by atoms with E-state index in [-0.39, 0.29) is 0 Å². The number of nitrogens with zero attached hydrogens (tertiary/aromatic N) is 3. The van der Waals surface area contributed by atoms with Crippen LogP contribution in [0.3, 0.4) is 0 Å². The Hall–Kier alpha value is -1.14. The molecule has 0 radical (unpaired) electrons. The lowest BCUT2D eigenvalue weighted by Crippen LogP contribution is -2.36. The molecule has 1 aliphatic rings. The average Bonchev–Trinajstić information content (AvgIpc) is 3.01. The van der Waals surface area contributed by atoms with Crippen LogP contribution in [0.4, 0.5) is 0 Å². The Balaban J connectivity index is 1.78. The minimum absolute atomic E-state index is 0.361. The lowest BCUT2D eigenvalue weighted by Gasteiger charge is -2.25. The highest BCUT2D eigenvalue weighted by Crippen LogP contribution is 2.16. The molecule has 1 saturated heterocycles. The molecule has 0 bridgehead atoms. The molecule has 1 aromatic carbocycles. The fraction of sp³-hybridized carbons (Fsp3) is 0.750. The Morgan fingerprint density at radius 3 is 2.28 bits per heavy atom. The minimum atomic E-state index is -0.432. The van der Waals surface area contributed by atoms with Gasteiger partial charge in [-0.2, -0.15) is 0 Å². The van der Waals surface area contributed by atoms with Crippen molar-refractivity contribution in [1.29, 1.82) is 0 Å². The maximum atomic E-state index is 10.4. The van der Waals surface area contributed by atoms with Crippen LogP contribution in [-0.4, -0.2) is 84.9 Å². The van der Waals surface area contributed by atoms with Gasteiger partial charge in [0.05, 0.1) is 0 Å². The van der Waals surface area contributed by atoms with Crippen molar-refractivity contribution in [1.82, 2.24) is 14.7 Å². The maximum absolute atomic E-state index is 10.4. The fourth-order valence-corrected chi connectivity index (χ4v) is 4.03. The van der Waals surface area contributed by atoms with Gasteiger partial charge in [-0.3, -0.25) is 4.90 Å². The molecule has 1 fully saturated rings. The highest BCUT2D eigenvalue weighted by Gasteiger charge is 2.14. The summed E-state index contributed by atoms with van der Waals surface area (Å²) in [5.41, 5.74) is 1.27. The Kier molecular flexibility index (Phi) is 11.6. The van der Waals surface area contributed by atoms with Crippen molar-refractivity contribution < 1.29 is 9.84 Å². The quantitative estimate of drug-likeness (QED) is 0.544. The Morgan fingerprint density at radius 2 is 1.62 bits per heavy atom. The van der Waals surface area contributed by atoms with Crippen molar-refractivity contribution in [2.75, 3.05) is 59.0 Å². The zero-order valence-corrected chi connectivity index (χ0v) is 19.0. The first-order chi connectivity index (χ1) is 14.1. The monoisotopic (exact) mass is 405 g/mol. The molecule has 1 heterocycles. The van der Waals surface area contributed by atoms with Gasteiger partial charge in [0.1, 0.15) is 18.5 Å². The highest BCUT2D eigenvalue weighted by molar-refractivity contribution is 5.28. The van der Waals surface area contributed by atoms with E-state index in [9.17, 15) is 5.11 Å². The van der Waals surface area contributed by atoms with Crippen LogP contribution < -0.4 is 4.74 Å². The van der Waals surface area contributed by atoms with Gasteiger partial charge in [0.25, 0.3) is 0 Å². The average molecular weight is 406 g/mol. The number of likely N-dealkylation sites (tertiary alicyclic amines) is 1. The van der Waals surface area contributed by atoms with E-state index in [1.54, 1.807) is 0 Å². The molecule has 29 heavy (non-hydrogen) atoms. The van der Waals surface area contributed by atoms with Gasteiger partial charge in [-0.25, -0.2) is 0 Å². The van der Waals surface area contributed by atoms with Crippen molar-refractivity contribution in [3.05, 3.63) is 29.8 Å². The van der Waals surface area contributed by atoms with Gasteiger partial charge in [0.2, 0.25) is 0 Å². The maximum Gasteiger partial charge on any atom is 0.119 e. The Labute approximate surface area is 178 Å². The zero-order chi connectivity index (χ0) is 20.9. The van der Waals surface area contributed by atoms with E-state index >= 15 is 0 Å². The summed E-state index contributed by atoms with van der Waals surface area (Å²) < 4.78 is 5.93.